The van der Waals surface area contributed by atoms with E-state index in [2.05, 4.69) is 0 Å². The molecule has 0 heterocycles. The predicted octanol–water partition coefficient (Wildman–Crippen LogP) is 2.78. The monoisotopic (exact) mass is 314 g/mol. The van der Waals surface area contributed by atoms with Gasteiger partial charge < -0.3 is 14.6 Å². The summed E-state index contributed by atoms with van der Waals surface area (Å²) in [4.78, 5) is 23.5. The lowest BCUT2D eigenvalue weighted by molar-refractivity contribution is -0.160. The number of benzene rings is 2. The molecule has 1 atom stereocenters. The molecule has 0 aromatic heterocycles. The first-order valence-electron chi connectivity index (χ1n) is 7.21. The van der Waals surface area contributed by atoms with Gasteiger partial charge in [0.25, 0.3) is 0 Å². The van der Waals surface area contributed by atoms with Crippen LogP contribution in [-0.4, -0.2) is 23.7 Å². The number of rotatable bonds is 6. The lowest BCUT2D eigenvalue weighted by Crippen LogP contribution is -2.20. The van der Waals surface area contributed by atoms with Crippen molar-refractivity contribution in [3.63, 3.8) is 0 Å². The zero-order chi connectivity index (χ0) is 16.7. The van der Waals surface area contributed by atoms with Crippen molar-refractivity contribution in [2.45, 2.75) is 19.4 Å². The maximum absolute atomic E-state index is 11.9. The first kappa shape index (κ1) is 16.5. The van der Waals surface area contributed by atoms with E-state index in [1.807, 2.05) is 30.3 Å². The van der Waals surface area contributed by atoms with Crippen LogP contribution in [0.1, 0.15) is 24.0 Å². The van der Waals surface area contributed by atoms with Crippen molar-refractivity contribution < 1.29 is 24.2 Å². The third kappa shape index (κ3) is 5.14. The van der Waals surface area contributed by atoms with Gasteiger partial charge in [0.2, 0.25) is 0 Å². The van der Waals surface area contributed by atoms with E-state index < -0.39 is 24.5 Å². The molecule has 0 aliphatic heterocycles. The highest BCUT2D eigenvalue weighted by Crippen LogP contribution is 2.19. The minimum absolute atomic E-state index is 0.124. The summed E-state index contributed by atoms with van der Waals surface area (Å²) < 4.78 is 9.99. The highest BCUT2D eigenvalue weighted by atomic mass is 16.6. The second-order valence-electron chi connectivity index (χ2n) is 5.07. The molecule has 0 saturated carbocycles. The van der Waals surface area contributed by atoms with Crippen LogP contribution < -0.4 is 0 Å². The van der Waals surface area contributed by atoms with Gasteiger partial charge in [-0.05, 0) is 30.2 Å². The summed E-state index contributed by atoms with van der Waals surface area (Å²) in [6, 6.07) is 15.5. The Balaban J connectivity index is 1.77. The molecule has 5 heteroatoms. The molecular formula is C18H18O5. The molecule has 0 radical (unpaired) electrons. The average molecular weight is 314 g/mol. The van der Waals surface area contributed by atoms with Crippen molar-refractivity contribution in [3.05, 3.63) is 65.7 Å². The van der Waals surface area contributed by atoms with Crippen molar-refractivity contribution in [2.75, 3.05) is 6.61 Å². The van der Waals surface area contributed by atoms with Crippen LogP contribution in [0.5, 0.6) is 5.75 Å². The number of ether oxygens (including phenoxy) is 2. The predicted molar refractivity (Wildman–Crippen MR) is 83.7 cm³/mol. The maximum atomic E-state index is 11.9. The number of carbonyl (C=O) groups is 2. The second-order valence-corrected chi connectivity index (χ2v) is 5.07. The molecule has 0 spiro atoms. The van der Waals surface area contributed by atoms with Gasteiger partial charge in [-0.25, -0.2) is 4.79 Å². The molecule has 1 N–H and O–H groups in total. The fourth-order valence-corrected chi connectivity index (χ4v) is 1.93. The number of carbonyl (C=O) groups excluding carboxylic acids is 2. The van der Waals surface area contributed by atoms with Gasteiger partial charge in [-0.2, -0.15) is 0 Å². The molecule has 0 aliphatic rings. The van der Waals surface area contributed by atoms with Gasteiger partial charge in [0.05, 0.1) is 5.92 Å². The number of phenols is 1. The Kier molecular flexibility index (Phi) is 5.74. The van der Waals surface area contributed by atoms with E-state index in [1.54, 1.807) is 19.1 Å². The maximum Gasteiger partial charge on any atom is 0.344 e. The summed E-state index contributed by atoms with van der Waals surface area (Å²) in [6.45, 7) is 1.39. The average Bonchev–Trinajstić information content (AvgIpc) is 2.58. The quantitative estimate of drug-likeness (QED) is 0.830. The molecule has 5 nitrogen and oxygen atoms in total. The van der Waals surface area contributed by atoms with E-state index >= 15 is 0 Å². The van der Waals surface area contributed by atoms with E-state index in [0.717, 1.165) is 5.56 Å². The Bertz CT molecular complexity index is 649. The van der Waals surface area contributed by atoms with Crippen LogP contribution in [0, 0.1) is 0 Å². The highest BCUT2D eigenvalue weighted by molar-refractivity contribution is 5.81. The van der Waals surface area contributed by atoms with Crippen LogP contribution in [0.2, 0.25) is 0 Å². The minimum atomic E-state index is -0.597. The zero-order valence-electron chi connectivity index (χ0n) is 12.8. The number of hydrogen-bond donors (Lipinski definition) is 1. The molecule has 0 amide bonds. The van der Waals surface area contributed by atoms with Gasteiger partial charge in [-0.15, -0.1) is 0 Å². The molecule has 2 rings (SSSR count). The summed E-state index contributed by atoms with van der Waals surface area (Å²) in [5.41, 5.74) is 1.56. The van der Waals surface area contributed by atoms with Gasteiger partial charge in [0, 0.05) is 0 Å². The van der Waals surface area contributed by atoms with E-state index in [1.165, 1.54) is 12.1 Å². The van der Waals surface area contributed by atoms with Gasteiger partial charge in [0.1, 0.15) is 12.4 Å². The molecule has 23 heavy (non-hydrogen) atoms. The van der Waals surface area contributed by atoms with Crippen molar-refractivity contribution in [2.24, 2.45) is 0 Å². The molecule has 0 bridgehead atoms. The van der Waals surface area contributed by atoms with E-state index in [9.17, 15) is 14.7 Å². The van der Waals surface area contributed by atoms with E-state index in [0.29, 0.717) is 5.56 Å². The molecular weight excluding hydrogens is 296 g/mol. The molecule has 0 fully saturated rings. The Labute approximate surface area is 134 Å². The van der Waals surface area contributed by atoms with Crippen LogP contribution in [-0.2, 0) is 25.7 Å². The molecule has 2 aromatic rings. The Hall–Kier alpha value is -2.82. The topological polar surface area (TPSA) is 72.8 Å². The fourth-order valence-electron chi connectivity index (χ4n) is 1.93. The van der Waals surface area contributed by atoms with Crippen molar-refractivity contribution in [1.82, 2.24) is 0 Å². The normalized spacial score (nSPS) is 11.5. The van der Waals surface area contributed by atoms with Crippen molar-refractivity contribution in [1.29, 1.82) is 0 Å². The number of esters is 2. The summed E-state index contributed by atoms with van der Waals surface area (Å²) >= 11 is 0. The first-order chi connectivity index (χ1) is 11.1. The summed E-state index contributed by atoms with van der Waals surface area (Å²) in [5.74, 6) is -1.52. The van der Waals surface area contributed by atoms with Gasteiger partial charge in [0.15, 0.2) is 6.61 Å². The van der Waals surface area contributed by atoms with Crippen molar-refractivity contribution >= 4 is 11.9 Å². The van der Waals surface area contributed by atoms with E-state index in [-0.39, 0.29) is 12.4 Å². The molecule has 0 saturated heterocycles. The number of aromatic hydroxyl groups is 1. The molecule has 2 aromatic carbocycles. The van der Waals surface area contributed by atoms with Gasteiger partial charge >= 0.3 is 11.9 Å². The van der Waals surface area contributed by atoms with Crippen LogP contribution >= 0.6 is 0 Å². The van der Waals surface area contributed by atoms with Crippen LogP contribution in [0.4, 0.5) is 0 Å². The van der Waals surface area contributed by atoms with Gasteiger partial charge in [-0.3, -0.25) is 4.79 Å². The lowest BCUT2D eigenvalue weighted by Gasteiger charge is -2.11. The molecule has 0 aliphatic carbocycles. The standard InChI is InChI=1S/C18H18O5/c1-13(15-7-9-16(19)10-8-15)18(21)23-12-17(20)22-11-14-5-3-2-4-6-14/h2-10,13,19H,11-12H2,1H3/t13-/m0/s1. The highest BCUT2D eigenvalue weighted by Gasteiger charge is 2.18. The Morgan fingerprint density at radius 3 is 2.30 bits per heavy atom. The Morgan fingerprint density at radius 1 is 1.00 bits per heavy atom. The number of phenolic OH excluding ortho intramolecular Hbond substituents is 1. The Morgan fingerprint density at radius 2 is 1.65 bits per heavy atom. The van der Waals surface area contributed by atoms with Crippen molar-refractivity contribution in [3.8, 4) is 5.75 Å². The van der Waals surface area contributed by atoms with E-state index in [4.69, 9.17) is 9.47 Å². The van der Waals surface area contributed by atoms with Crippen LogP contribution in [0.15, 0.2) is 54.6 Å². The second kappa shape index (κ2) is 7.98. The van der Waals surface area contributed by atoms with Gasteiger partial charge in [-0.1, -0.05) is 42.5 Å². The number of hydrogen-bond acceptors (Lipinski definition) is 5. The van der Waals surface area contributed by atoms with Crippen LogP contribution in [0.25, 0.3) is 0 Å². The fraction of sp³-hybridized carbons (Fsp3) is 0.222. The third-order valence-corrected chi connectivity index (χ3v) is 3.32. The zero-order valence-corrected chi connectivity index (χ0v) is 12.8. The molecule has 0 unspecified atom stereocenters. The SMILES string of the molecule is C[C@H](C(=O)OCC(=O)OCc1ccccc1)c1ccc(O)cc1. The lowest BCUT2D eigenvalue weighted by atomic mass is 10.0. The minimum Gasteiger partial charge on any atom is -0.508 e. The summed E-state index contributed by atoms with van der Waals surface area (Å²) in [7, 11) is 0. The molecule has 120 valence electrons. The van der Waals surface area contributed by atoms with Crippen LogP contribution in [0.3, 0.4) is 0 Å². The summed E-state index contributed by atoms with van der Waals surface area (Å²) in [6.07, 6.45) is 0. The first-order valence-corrected chi connectivity index (χ1v) is 7.21. The summed E-state index contributed by atoms with van der Waals surface area (Å²) in [5, 5.41) is 9.23. The third-order valence-electron chi connectivity index (χ3n) is 3.32. The smallest absolute Gasteiger partial charge is 0.344 e. The largest absolute Gasteiger partial charge is 0.508 e.